The molecule has 1 atom stereocenters. The Morgan fingerprint density at radius 3 is 2.85 bits per heavy atom. The van der Waals surface area contributed by atoms with Gasteiger partial charge < -0.3 is 15.1 Å². The van der Waals surface area contributed by atoms with Crippen LogP contribution in [-0.4, -0.2) is 54.0 Å². The van der Waals surface area contributed by atoms with E-state index in [1.54, 1.807) is 11.9 Å². The van der Waals surface area contributed by atoms with Gasteiger partial charge in [-0.2, -0.15) is 0 Å². The summed E-state index contributed by atoms with van der Waals surface area (Å²) in [7, 11) is 3.59. The highest BCUT2D eigenvalue weighted by Gasteiger charge is 2.27. The molecule has 1 heterocycles. The van der Waals surface area contributed by atoms with Gasteiger partial charge in [0.15, 0.2) is 5.11 Å². The van der Waals surface area contributed by atoms with Gasteiger partial charge in [0.25, 0.3) is 0 Å². The molecule has 0 radical (unpaired) electrons. The molecule has 13 heavy (non-hydrogen) atoms. The van der Waals surface area contributed by atoms with Gasteiger partial charge in [-0.25, -0.2) is 0 Å². The maximum Gasteiger partial charge on any atom is 0.242 e. The third-order valence-electron chi connectivity index (χ3n) is 2.28. The summed E-state index contributed by atoms with van der Waals surface area (Å²) in [6.07, 6.45) is 0. The first-order chi connectivity index (χ1) is 6.06. The van der Waals surface area contributed by atoms with Crippen molar-refractivity contribution in [1.82, 2.24) is 15.1 Å². The lowest BCUT2D eigenvalue weighted by molar-refractivity contribution is -0.134. The van der Waals surface area contributed by atoms with Crippen LogP contribution < -0.4 is 5.32 Å². The maximum absolute atomic E-state index is 11.4. The molecular weight excluding hydrogens is 186 g/mol. The van der Waals surface area contributed by atoms with Crippen LogP contribution in [0.25, 0.3) is 0 Å². The number of nitrogens with one attached hydrogen (secondary N) is 1. The van der Waals surface area contributed by atoms with E-state index in [0.29, 0.717) is 17.7 Å². The van der Waals surface area contributed by atoms with Crippen LogP contribution in [0.4, 0.5) is 0 Å². The van der Waals surface area contributed by atoms with Crippen LogP contribution in [0.1, 0.15) is 6.92 Å². The lowest BCUT2D eigenvalue weighted by Gasteiger charge is -2.38. The van der Waals surface area contributed by atoms with Crippen molar-refractivity contribution in [3.05, 3.63) is 0 Å². The normalized spacial score (nSPS) is 23.3. The smallest absolute Gasteiger partial charge is 0.242 e. The molecular formula is C8H15N3OS. The van der Waals surface area contributed by atoms with Gasteiger partial charge in [0.05, 0.1) is 6.54 Å². The zero-order valence-electron chi connectivity index (χ0n) is 8.20. The van der Waals surface area contributed by atoms with E-state index < -0.39 is 0 Å². The second kappa shape index (κ2) is 3.91. The van der Waals surface area contributed by atoms with E-state index in [-0.39, 0.29) is 5.91 Å². The van der Waals surface area contributed by atoms with Crippen molar-refractivity contribution >= 4 is 23.2 Å². The van der Waals surface area contributed by atoms with Gasteiger partial charge in [0.1, 0.15) is 0 Å². The van der Waals surface area contributed by atoms with Gasteiger partial charge in [0, 0.05) is 26.7 Å². The van der Waals surface area contributed by atoms with Crippen LogP contribution in [0.5, 0.6) is 0 Å². The minimum atomic E-state index is 0.121. The highest BCUT2D eigenvalue weighted by molar-refractivity contribution is 7.80. The maximum atomic E-state index is 11.4. The van der Waals surface area contributed by atoms with E-state index >= 15 is 0 Å². The fourth-order valence-electron chi connectivity index (χ4n) is 1.43. The first-order valence-corrected chi connectivity index (χ1v) is 4.69. The molecule has 0 saturated carbocycles. The summed E-state index contributed by atoms with van der Waals surface area (Å²) in [5, 5.41) is 3.53. The van der Waals surface area contributed by atoms with Crippen molar-refractivity contribution in [3.8, 4) is 0 Å². The Bertz CT molecular complexity index is 231. The van der Waals surface area contributed by atoms with E-state index in [0.717, 1.165) is 6.54 Å². The minimum absolute atomic E-state index is 0.121. The molecule has 0 aromatic rings. The van der Waals surface area contributed by atoms with E-state index in [1.165, 1.54) is 0 Å². The summed E-state index contributed by atoms with van der Waals surface area (Å²) in [5.41, 5.74) is 0. The molecule has 1 unspecified atom stereocenters. The highest BCUT2D eigenvalue weighted by atomic mass is 32.1. The number of thiocarbonyl (C=S) groups is 1. The van der Waals surface area contributed by atoms with Crippen LogP contribution in [0.2, 0.25) is 0 Å². The monoisotopic (exact) mass is 201 g/mol. The SMILES string of the molecule is CNC(=S)N1CC(=O)N(C)CC1C. The number of carbonyl (C=O) groups is 1. The van der Waals surface area contributed by atoms with Crippen molar-refractivity contribution in [2.24, 2.45) is 0 Å². The van der Waals surface area contributed by atoms with E-state index in [4.69, 9.17) is 12.2 Å². The summed E-state index contributed by atoms with van der Waals surface area (Å²) < 4.78 is 0. The highest BCUT2D eigenvalue weighted by Crippen LogP contribution is 2.08. The molecule has 4 nitrogen and oxygen atoms in total. The number of nitrogens with zero attached hydrogens (tertiary/aromatic N) is 2. The Morgan fingerprint density at radius 1 is 1.69 bits per heavy atom. The van der Waals surface area contributed by atoms with Crippen molar-refractivity contribution in [3.63, 3.8) is 0 Å². The Labute approximate surface area is 83.9 Å². The van der Waals surface area contributed by atoms with Crippen LogP contribution in [-0.2, 0) is 4.79 Å². The summed E-state index contributed by atoms with van der Waals surface area (Å²) >= 11 is 5.09. The van der Waals surface area contributed by atoms with Gasteiger partial charge in [-0.15, -0.1) is 0 Å². The molecule has 5 heteroatoms. The first kappa shape index (κ1) is 10.2. The van der Waals surface area contributed by atoms with Gasteiger partial charge >= 0.3 is 0 Å². The summed E-state index contributed by atoms with van der Waals surface area (Å²) in [6, 6.07) is 0.294. The molecule has 0 aliphatic carbocycles. The third-order valence-corrected chi connectivity index (χ3v) is 2.71. The Balaban J connectivity index is 2.66. The van der Waals surface area contributed by atoms with E-state index in [9.17, 15) is 4.79 Å². The van der Waals surface area contributed by atoms with Crippen molar-refractivity contribution in [1.29, 1.82) is 0 Å². The third kappa shape index (κ3) is 2.09. The average molecular weight is 201 g/mol. The molecule has 1 amide bonds. The molecule has 0 spiro atoms. The quantitative estimate of drug-likeness (QED) is 0.544. The second-order valence-corrected chi connectivity index (χ2v) is 3.69. The largest absolute Gasteiger partial charge is 0.366 e. The number of hydrogen-bond acceptors (Lipinski definition) is 2. The Kier molecular flexibility index (Phi) is 3.08. The number of carbonyl (C=O) groups excluding carboxylic acids is 1. The molecule has 74 valence electrons. The van der Waals surface area contributed by atoms with Gasteiger partial charge in [-0.1, -0.05) is 0 Å². The van der Waals surface area contributed by atoms with E-state index in [2.05, 4.69) is 12.2 Å². The van der Waals surface area contributed by atoms with Gasteiger partial charge in [0.2, 0.25) is 5.91 Å². The molecule has 0 aromatic heterocycles. The lowest BCUT2D eigenvalue weighted by atomic mass is 10.2. The van der Waals surface area contributed by atoms with Gasteiger partial charge in [-0.3, -0.25) is 4.79 Å². The fraction of sp³-hybridized carbons (Fsp3) is 0.750. The number of rotatable bonds is 0. The second-order valence-electron chi connectivity index (χ2n) is 3.31. The fourth-order valence-corrected chi connectivity index (χ4v) is 1.68. The van der Waals surface area contributed by atoms with Crippen molar-refractivity contribution in [2.75, 3.05) is 27.2 Å². The summed E-state index contributed by atoms with van der Waals surface area (Å²) in [6.45, 7) is 3.19. The van der Waals surface area contributed by atoms with E-state index in [1.807, 2.05) is 11.9 Å². The Hall–Kier alpha value is -0.840. The van der Waals surface area contributed by atoms with Crippen LogP contribution in [0.15, 0.2) is 0 Å². The molecule has 1 saturated heterocycles. The summed E-state index contributed by atoms with van der Waals surface area (Å²) in [5.74, 6) is 0.121. The van der Waals surface area contributed by atoms with Crippen molar-refractivity contribution < 1.29 is 4.79 Å². The average Bonchev–Trinajstić information content (AvgIpc) is 2.10. The first-order valence-electron chi connectivity index (χ1n) is 4.28. The molecule has 1 aliphatic heterocycles. The zero-order chi connectivity index (χ0) is 10.0. The molecule has 1 rings (SSSR count). The lowest BCUT2D eigenvalue weighted by Crippen LogP contribution is -2.57. The van der Waals surface area contributed by atoms with Crippen LogP contribution in [0, 0.1) is 0 Å². The molecule has 1 fully saturated rings. The molecule has 0 aromatic carbocycles. The van der Waals surface area contributed by atoms with Crippen LogP contribution >= 0.6 is 12.2 Å². The number of piperazine rings is 1. The predicted molar refractivity (Wildman–Crippen MR) is 55.5 cm³/mol. The minimum Gasteiger partial charge on any atom is -0.366 e. The molecule has 1 aliphatic rings. The standard InChI is InChI=1S/C8H15N3OS/c1-6-4-10(3)7(12)5-11(6)8(13)9-2/h6H,4-5H2,1-3H3,(H,9,13). The number of likely N-dealkylation sites (N-methyl/N-ethyl adjacent to an activating group) is 1. The molecule has 1 N–H and O–H groups in total. The zero-order valence-corrected chi connectivity index (χ0v) is 9.02. The Morgan fingerprint density at radius 2 is 2.31 bits per heavy atom. The van der Waals surface area contributed by atoms with Crippen molar-refractivity contribution in [2.45, 2.75) is 13.0 Å². The number of hydrogen-bond donors (Lipinski definition) is 1. The van der Waals surface area contributed by atoms with Gasteiger partial charge in [-0.05, 0) is 19.1 Å². The molecule has 0 bridgehead atoms. The number of amides is 1. The topological polar surface area (TPSA) is 35.6 Å². The summed E-state index contributed by atoms with van der Waals surface area (Å²) in [4.78, 5) is 15.0. The predicted octanol–water partition coefficient (Wildman–Crippen LogP) is -0.347. The van der Waals surface area contributed by atoms with Crippen LogP contribution in [0.3, 0.4) is 0 Å².